The first-order valence-electron chi connectivity index (χ1n) is 7.44. The van der Waals surface area contributed by atoms with E-state index in [4.69, 9.17) is 9.84 Å². The average molecular weight is 349 g/mol. The highest BCUT2D eigenvalue weighted by molar-refractivity contribution is 7.92. The molecule has 3 heterocycles. The van der Waals surface area contributed by atoms with E-state index in [-0.39, 0.29) is 10.6 Å². The van der Waals surface area contributed by atoms with Crippen LogP contribution < -0.4 is 13.9 Å². The van der Waals surface area contributed by atoms with Crippen LogP contribution in [0.4, 0.5) is 11.4 Å². The summed E-state index contributed by atoms with van der Waals surface area (Å²) >= 11 is 0. The molecule has 0 aliphatic carbocycles. The third-order valence-corrected chi connectivity index (χ3v) is 6.02. The molecule has 1 aromatic carbocycles. The topological polar surface area (TPSA) is 103 Å². The minimum atomic E-state index is -3.86. The minimum absolute atomic E-state index is 0.0670. The van der Waals surface area contributed by atoms with Crippen molar-refractivity contribution >= 4 is 27.4 Å². The fraction of sp³-hybridized carbons (Fsp3) is 0.267. The number of H-pyrrole nitrogens is 1. The van der Waals surface area contributed by atoms with Crippen molar-refractivity contribution in [1.29, 1.82) is 0 Å². The Labute approximate surface area is 138 Å². The van der Waals surface area contributed by atoms with E-state index in [1.807, 2.05) is 6.07 Å². The third-order valence-electron chi connectivity index (χ3n) is 4.23. The summed E-state index contributed by atoms with van der Waals surface area (Å²) in [6.45, 7) is 2.14. The Kier molecular flexibility index (Phi) is 3.20. The monoisotopic (exact) mass is 349 g/mol. The van der Waals surface area contributed by atoms with Crippen molar-refractivity contribution in [2.24, 2.45) is 0 Å². The van der Waals surface area contributed by atoms with Gasteiger partial charge in [-0.15, -0.1) is 0 Å². The maximum Gasteiger partial charge on any atom is 0.352 e. The molecule has 9 heteroatoms. The van der Waals surface area contributed by atoms with Gasteiger partial charge in [0.1, 0.15) is 28.6 Å². The molecular formula is C15H15N3O5S. The SMILES string of the molecule is O=C(O)c1cc(S(=O)(=O)N2CCN3CCOc4cccc2c43)c[nH]1. The molecule has 24 heavy (non-hydrogen) atoms. The number of hydrogen-bond donors (Lipinski definition) is 2. The van der Waals surface area contributed by atoms with Gasteiger partial charge < -0.3 is 19.7 Å². The van der Waals surface area contributed by atoms with Gasteiger partial charge in [0.2, 0.25) is 0 Å². The van der Waals surface area contributed by atoms with Crippen LogP contribution in [-0.4, -0.2) is 50.7 Å². The largest absolute Gasteiger partial charge is 0.489 e. The number of carboxylic acids is 1. The lowest BCUT2D eigenvalue weighted by Crippen LogP contribution is -2.46. The maximum atomic E-state index is 13.0. The van der Waals surface area contributed by atoms with E-state index in [9.17, 15) is 13.2 Å². The summed E-state index contributed by atoms with van der Waals surface area (Å²) in [5, 5.41) is 8.98. The van der Waals surface area contributed by atoms with Gasteiger partial charge in [0.25, 0.3) is 10.0 Å². The Morgan fingerprint density at radius 3 is 2.83 bits per heavy atom. The van der Waals surface area contributed by atoms with Crippen LogP contribution in [0.1, 0.15) is 10.5 Å². The lowest BCUT2D eigenvalue weighted by Gasteiger charge is -2.41. The van der Waals surface area contributed by atoms with Crippen molar-refractivity contribution in [3.8, 4) is 5.75 Å². The van der Waals surface area contributed by atoms with Crippen molar-refractivity contribution in [2.45, 2.75) is 4.90 Å². The van der Waals surface area contributed by atoms with Crippen LogP contribution in [-0.2, 0) is 10.0 Å². The summed E-state index contributed by atoms with van der Waals surface area (Å²) in [5.74, 6) is -0.536. The number of para-hydroxylation sites is 1. The van der Waals surface area contributed by atoms with Crippen molar-refractivity contribution < 1.29 is 23.1 Å². The van der Waals surface area contributed by atoms with Crippen LogP contribution in [0.25, 0.3) is 0 Å². The van der Waals surface area contributed by atoms with Gasteiger partial charge in [-0.2, -0.15) is 0 Å². The molecule has 4 rings (SSSR count). The molecule has 0 saturated carbocycles. The van der Waals surface area contributed by atoms with Gasteiger partial charge in [0.15, 0.2) is 0 Å². The van der Waals surface area contributed by atoms with E-state index >= 15 is 0 Å². The number of aromatic carboxylic acids is 1. The highest BCUT2D eigenvalue weighted by Crippen LogP contribution is 2.44. The molecule has 2 aliphatic heterocycles. The highest BCUT2D eigenvalue weighted by atomic mass is 32.2. The zero-order valence-corrected chi connectivity index (χ0v) is 13.4. The lowest BCUT2D eigenvalue weighted by molar-refractivity contribution is 0.0691. The van der Waals surface area contributed by atoms with Gasteiger partial charge in [-0.05, 0) is 18.2 Å². The number of carboxylic acid groups (broad SMARTS) is 1. The molecule has 0 radical (unpaired) electrons. The van der Waals surface area contributed by atoms with Crippen molar-refractivity contribution in [3.63, 3.8) is 0 Å². The number of aromatic amines is 1. The average Bonchev–Trinajstić information content (AvgIpc) is 3.07. The van der Waals surface area contributed by atoms with Gasteiger partial charge in [0.05, 0.1) is 18.8 Å². The number of benzene rings is 1. The summed E-state index contributed by atoms with van der Waals surface area (Å²) in [7, 11) is -3.86. The zero-order valence-electron chi connectivity index (χ0n) is 12.6. The van der Waals surface area contributed by atoms with Gasteiger partial charge >= 0.3 is 5.97 Å². The highest BCUT2D eigenvalue weighted by Gasteiger charge is 2.35. The minimum Gasteiger partial charge on any atom is -0.489 e. The van der Waals surface area contributed by atoms with E-state index in [2.05, 4.69) is 9.88 Å². The van der Waals surface area contributed by atoms with E-state index in [1.165, 1.54) is 10.5 Å². The molecule has 8 nitrogen and oxygen atoms in total. The Morgan fingerprint density at radius 2 is 2.08 bits per heavy atom. The van der Waals surface area contributed by atoms with E-state index in [0.717, 1.165) is 11.8 Å². The lowest BCUT2D eigenvalue weighted by atomic mass is 10.1. The molecule has 0 saturated heterocycles. The number of ether oxygens (including phenoxy) is 1. The fourth-order valence-electron chi connectivity index (χ4n) is 3.10. The predicted molar refractivity (Wildman–Crippen MR) is 86.4 cm³/mol. The van der Waals surface area contributed by atoms with Crippen LogP contribution in [0.2, 0.25) is 0 Å². The summed E-state index contributed by atoms with van der Waals surface area (Å²) < 4.78 is 32.9. The molecule has 2 aromatic rings. The number of aromatic nitrogens is 1. The number of hydrogen-bond acceptors (Lipinski definition) is 5. The molecule has 126 valence electrons. The first-order chi connectivity index (χ1) is 11.5. The molecule has 0 bridgehead atoms. The van der Waals surface area contributed by atoms with Gasteiger partial charge in [-0.25, -0.2) is 13.2 Å². The smallest absolute Gasteiger partial charge is 0.352 e. The number of anilines is 2. The van der Waals surface area contributed by atoms with Crippen molar-refractivity contribution in [3.05, 3.63) is 36.2 Å². The molecule has 2 aliphatic rings. The second-order valence-corrected chi connectivity index (χ2v) is 7.45. The zero-order chi connectivity index (χ0) is 16.9. The first kappa shape index (κ1) is 14.9. The molecule has 2 N–H and O–H groups in total. The van der Waals surface area contributed by atoms with E-state index < -0.39 is 16.0 Å². The molecule has 0 fully saturated rings. The van der Waals surface area contributed by atoms with Gasteiger partial charge in [-0.1, -0.05) is 6.07 Å². The van der Waals surface area contributed by atoms with Crippen LogP contribution in [0.3, 0.4) is 0 Å². The van der Waals surface area contributed by atoms with Crippen LogP contribution in [0.15, 0.2) is 35.4 Å². The third kappa shape index (κ3) is 2.12. The molecular weight excluding hydrogens is 334 g/mol. The normalized spacial score (nSPS) is 16.5. The summed E-state index contributed by atoms with van der Waals surface area (Å²) in [6, 6.07) is 6.45. The second-order valence-electron chi connectivity index (χ2n) is 5.59. The number of sulfonamides is 1. The Morgan fingerprint density at radius 1 is 1.25 bits per heavy atom. The number of nitrogens with zero attached hydrogens (tertiary/aromatic N) is 2. The van der Waals surface area contributed by atoms with E-state index in [0.29, 0.717) is 37.7 Å². The van der Waals surface area contributed by atoms with Crippen LogP contribution >= 0.6 is 0 Å². The molecule has 0 amide bonds. The molecule has 0 atom stereocenters. The number of nitrogens with one attached hydrogen (secondary N) is 1. The van der Waals surface area contributed by atoms with Gasteiger partial charge in [0, 0.05) is 12.7 Å². The maximum absolute atomic E-state index is 13.0. The fourth-order valence-corrected chi connectivity index (χ4v) is 4.56. The van der Waals surface area contributed by atoms with Crippen molar-refractivity contribution in [1.82, 2.24) is 4.98 Å². The standard InChI is InChI=1S/C15H15N3O5S/c19-15(20)11-8-10(9-16-11)24(21,22)18-5-4-17-6-7-23-13-3-1-2-12(18)14(13)17/h1-3,8-9,16H,4-7H2,(H,19,20). The van der Waals surface area contributed by atoms with Crippen molar-refractivity contribution in [2.75, 3.05) is 35.4 Å². The first-order valence-corrected chi connectivity index (χ1v) is 8.88. The molecule has 1 aromatic heterocycles. The summed E-state index contributed by atoms with van der Waals surface area (Å²) in [4.78, 5) is 15.5. The number of rotatable bonds is 3. The quantitative estimate of drug-likeness (QED) is 0.861. The van der Waals surface area contributed by atoms with Crippen LogP contribution in [0.5, 0.6) is 5.75 Å². The number of carbonyl (C=O) groups is 1. The van der Waals surface area contributed by atoms with Gasteiger partial charge in [-0.3, -0.25) is 4.31 Å². The Balaban J connectivity index is 1.80. The predicted octanol–water partition coefficient (Wildman–Crippen LogP) is 1.12. The van der Waals surface area contributed by atoms with E-state index in [1.54, 1.807) is 12.1 Å². The molecule has 0 unspecified atom stereocenters. The molecule has 0 spiro atoms. The van der Waals surface area contributed by atoms with Crippen LogP contribution in [0, 0.1) is 0 Å². The Bertz CT molecular complexity index is 921. The second kappa shape index (κ2) is 5.17. The summed E-state index contributed by atoms with van der Waals surface area (Å²) in [5.41, 5.74) is 1.16. The summed E-state index contributed by atoms with van der Waals surface area (Å²) in [6.07, 6.45) is 1.21. The Hall–Kier alpha value is -2.68.